The number of hydrogen-bond acceptors (Lipinski definition) is 5. The normalized spacial score (nSPS) is 12.9. The van der Waals surface area contributed by atoms with Crippen molar-refractivity contribution in [3.05, 3.63) is 16.8 Å². The molecule has 0 bridgehead atoms. The second-order valence-corrected chi connectivity index (χ2v) is 3.56. The van der Waals surface area contributed by atoms with E-state index < -0.39 is 6.10 Å². The second-order valence-electron chi connectivity index (χ2n) is 3.56. The zero-order valence-corrected chi connectivity index (χ0v) is 9.59. The molecule has 7 nitrogen and oxygen atoms in total. The minimum atomic E-state index is -0.635. The van der Waals surface area contributed by atoms with Gasteiger partial charge in [0.1, 0.15) is 6.33 Å². The molecule has 1 heterocycles. The van der Waals surface area contributed by atoms with Gasteiger partial charge in [0.15, 0.2) is 0 Å². The van der Waals surface area contributed by atoms with Gasteiger partial charge < -0.3 is 15.2 Å². The molecule has 1 rings (SSSR count). The van der Waals surface area contributed by atoms with Crippen molar-refractivity contribution in [3.8, 4) is 0 Å². The SMILES string of the molecule is COCCNCC(O)Cn1ncn(C)c1=O. The van der Waals surface area contributed by atoms with Crippen molar-refractivity contribution >= 4 is 0 Å². The number of aliphatic hydroxyl groups excluding tert-OH is 1. The van der Waals surface area contributed by atoms with Gasteiger partial charge in [0, 0.05) is 27.2 Å². The Morgan fingerprint density at radius 3 is 3.00 bits per heavy atom. The molecule has 1 atom stereocenters. The fourth-order valence-corrected chi connectivity index (χ4v) is 1.25. The lowest BCUT2D eigenvalue weighted by Gasteiger charge is -2.10. The van der Waals surface area contributed by atoms with Crippen LogP contribution in [0.25, 0.3) is 0 Å². The Morgan fingerprint density at radius 1 is 1.69 bits per heavy atom. The molecule has 0 amide bonds. The van der Waals surface area contributed by atoms with Crippen LogP contribution < -0.4 is 11.0 Å². The van der Waals surface area contributed by atoms with Crippen LogP contribution in [0.5, 0.6) is 0 Å². The molecule has 0 saturated carbocycles. The summed E-state index contributed by atoms with van der Waals surface area (Å²) >= 11 is 0. The highest BCUT2D eigenvalue weighted by Gasteiger charge is 2.08. The van der Waals surface area contributed by atoms with Gasteiger partial charge in [-0.25, -0.2) is 9.48 Å². The molecule has 0 fully saturated rings. The lowest BCUT2D eigenvalue weighted by molar-refractivity contribution is 0.138. The average Bonchev–Trinajstić information content (AvgIpc) is 2.56. The third-order valence-corrected chi connectivity index (χ3v) is 2.13. The van der Waals surface area contributed by atoms with E-state index >= 15 is 0 Å². The van der Waals surface area contributed by atoms with Gasteiger partial charge in [-0.1, -0.05) is 0 Å². The van der Waals surface area contributed by atoms with E-state index in [-0.39, 0.29) is 12.2 Å². The van der Waals surface area contributed by atoms with E-state index in [9.17, 15) is 9.90 Å². The number of hydrogen-bond donors (Lipinski definition) is 2. The highest BCUT2D eigenvalue weighted by molar-refractivity contribution is 4.68. The highest BCUT2D eigenvalue weighted by Crippen LogP contribution is 1.85. The first-order chi connectivity index (χ1) is 7.65. The highest BCUT2D eigenvalue weighted by atomic mass is 16.5. The topological polar surface area (TPSA) is 81.3 Å². The molecule has 1 unspecified atom stereocenters. The van der Waals surface area contributed by atoms with E-state index in [1.165, 1.54) is 15.6 Å². The summed E-state index contributed by atoms with van der Waals surface area (Å²) in [5.74, 6) is 0. The molecule has 92 valence electrons. The number of nitrogens with one attached hydrogen (secondary N) is 1. The van der Waals surface area contributed by atoms with E-state index in [1.54, 1.807) is 14.2 Å². The first-order valence-electron chi connectivity index (χ1n) is 5.11. The van der Waals surface area contributed by atoms with Crippen LogP contribution in [0.1, 0.15) is 0 Å². The molecule has 0 aliphatic rings. The number of aromatic nitrogens is 3. The smallest absolute Gasteiger partial charge is 0.345 e. The molecule has 0 aromatic carbocycles. The summed E-state index contributed by atoms with van der Waals surface area (Å²) in [4.78, 5) is 11.4. The van der Waals surface area contributed by atoms with E-state index in [0.717, 1.165) is 0 Å². The summed E-state index contributed by atoms with van der Waals surface area (Å²) in [7, 11) is 3.24. The van der Waals surface area contributed by atoms with E-state index in [4.69, 9.17) is 4.74 Å². The van der Waals surface area contributed by atoms with E-state index in [2.05, 4.69) is 10.4 Å². The van der Waals surface area contributed by atoms with Crippen LogP contribution in [-0.4, -0.2) is 52.4 Å². The molecule has 1 aromatic rings. The van der Waals surface area contributed by atoms with Gasteiger partial charge in [-0.15, -0.1) is 0 Å². The van der Waals surface area contributed by atoms with Crippen LogP contribution in [0.4, 0.5) is 0 Å². The van der Waals surface area contributed by atoms with Gasteiger partial charge in [0.2, 0.25) is 0 Å². The summed E-state index contributed by atoms with van der Waals surface area (Å²) in [6, 6.07) is 0. The maximum absolute atomic E-state index is 11.4. The molecule has 0 radical (unpaired) electrons. The maximum Gasteiger partial charge on any atom is 0.345 e. The van der Waals surface area contributed by atoms with Crippen molar-refractivity contribution in [1.82, 2.24) is 19.7 Å². The first kappa shape index (κ1) is 12.9. The largest absolute Gasteiger partial charge is 0.390 e. The molecule has 1 aromatic heterocycles. The lowest BCUT2D eigenvalue weighted by Crippen LogP contribution is -2.35. The number of aryl methyl sites for hydroxylation is 1. The van der Waals surface area contributed by atoms with Crippen LogP contribution in [0.2, 0.25) is 0 Å². The maximum atomic E-state index is 11.4. The van der Waals surface area contributed by atoms with Gasteiger partial charge in [0.05, 0.1) is 19.3 Å². The molecule has 0 spiro atoms. The Kier molecular flexibility index (Phi) is 5.17. The molecule has 0 aliphatic carbocycles. The van der Waals surface area contributed by atoms with Crippen molar-refractivity contribution in [3.63, 3.8) is 0 Å². The molecular formula is C9H18N4O3. The summed E-state index contributed by atoms with van der Waals surface area (Å²) in [5.41, 5.74) is -0.226. The second kappa shape index (κ2) is 6.41. The van der Waals surface area contributed by atoms with Crippen LogP contribution in [0.3, 0.4) is 0 Å². The van der Waals surface area contributed by atoms with Crippen LogP contribution in [0, 0.1) is 0 Å². The standard InChI is InChI=1S/C9H18N4O3/c1-12-7-11-13(9(12)15)6-8(14)5-10-3-4-16-2/h7-8,10,14H,3-6H2,1-2H3. The number of rotatable bonds is 7. The summed E-state index contributed by atoms with van der Waals surface area (Å²) in [6.07, 6.45) is 0.789. The zero-order chi connectivity index (χ0) is 12.0. The van der Waals surface area contributed by atoms with Gasteiger partial charge in [-0.2, -0.15) is 5.10 Å². The van der Waals surface area contributed by atoms with Gasteiger partial charge in [-0.05, 0) is 0 Å². The van der Waals surface area contributed by atoms with Gasteiger partial charge in [-0.3, -0.25) is 4.57 Å². The Hall–Kier alpha value is -1.18. The quantitative estimate of drug-likeness (QED) is 0.539. The molecular weight excluding hydrogens is 212 g/mol. The molecule has 7 heteroatoms. The first-order valence-corrected chi connectivity index (χ1v) is 5.11. The Labute approximate surface area is 93.6 Å². The Balaban J connectivity index is 2.31. The predicted molar refractivity (Wildman–Crippen MR) is 58.2 cm³/mol. The third-order valence-electron chi connectivity index (χ3n) is 2.13. The van der Waals surface area contributed by atoms with Crippen molar-refractivity contribution in [2.45, 2.75) is 12.6 Å². The Bertz CT molecular complexity index is 360. The fraction of sp³-hybridized carbons (Fsp3) is 0.778. The third kappa shape index (κ3) is 3.76. The predicted octanol–water partition coefficient (Wildman–Crippen LogP) is -1.82. The van der Waals surface area contributed by atoms with Crippen molar-refractivity contribution < 1.29 is 9.84 Å². The van der Waals surface area contributed by atoms with Crippen LogP contribution in [0.15, 0.2) is 11.1 Å². The van der Waals surface area contributed by atoms with E-state index in [0.29, 0.717) is 19.7 Å². The number of ether oxygens (including phenoxy) is 1. The van der Waals surface area contributed by atoms with Gasteiger partial charge >= 0.3 is 5.69 Å². The Morgan fingerprint density at radius 2 is 2.44 bits per heavy atom. The van der Waals surface area contributed by atoms with Crippen molar-refractivity contribution in [1.29, 1.82) is 0 Å². The summed E-state index contributed by atoms with van der Waals surface area (Å²) in [5, 5.41) is 16.5. The minimum absolute atomic E-state index is 0.194. The minimum Gasteiger partial charge on any atom is -0.390 e. The number of nitrogens with zero attached hydrogens (tertiary/aromatic N) is 3. The fourth-order valence-electron chi connectivity index (χ4n) is 1.25. The molecule has 0 aliphatic heterocycles. The van der Waals surface area contributed by atoms with Crippen molar-refractivity contribution in [2.75, 3.05) is 26.8 Å². The van der Waals surface area contributed by atoms with Gasteiger partial charge in [0.25, 0.3) is 0 Å². The number of aliphatic hydroxyl groups is 1. The molecule has 0 saturated heterocycles. The lowest BCUT2D eigenvalue weighted by atomic mass is 10.3. The van der Waals surface area contributed by atoms with Crippen molar-refractivity contribution in [2.24, 2.45) is 7.05 Å². The summed E-state index contributed by atoms with van der Waals surface area (Å²) in [6.45, 7) is 1.87. The summed E-state index contributed by atoms with van der Waals surface area (Å²) < 4.78 is 7.45. The molecule has 16 heavy (non-hydrogen) atoms. The number of methoxy groups -OCH3 is 1. The molecule has 2 N–H and O–H groups in total. The van der Waals surface area contributed by atoms with E-state index in [1.807, 2.05) is 0 Å². The van der Waals surface area contributed by atoms with Crippen LogP contribution in [-0.2, 0) is 18.3 Å². The van der Waals surface area contributed by atoms with Crippen LogP contribution >= 0.6 is 0 Å². The average molecular weight is 230 g/mol. The monoisotopic (exact) mass is 230 g/mol. The zero-order valence-electron chi connectivity index (χ0n) is 9.59.